The van der Waals surface area contributed by atoms with E-state index in [1.165, 1.54) is 0 Å². The van der Waals surface area contributed by atoms with E-state index in [1.54, 1.807) is 0 Å². The number of hydrogen-bond acceptors (Lipinski definition) is 4. The summed E-state index contributed by atoms with van der Waals surface area (Å²) in [5.41, 5.74) is 1.01. The van der Waals surface area contributed by atoms with Gasteiger partial charge in [-0.2, -0.15) is 0 Å². The van der Waals surface area contributed by atoms with Crippen molar-refractivity contribution in [2.75, 3.05) is 52.5 Å². The summed E-state index contributed by atoms with van der Waals surface area (Å²) in [7, 11) is 0. The number of likely N-dealkylation sites (N-methyl/N-ethyl adjacent to an activating group) is 1. The van der Waals surface area contributed by atoms with E-state index in [-0.39, 0.29) is 12.5 Å². The van der Waals surface area contributed by atoms with E-state index in [0.717, 1.165) is 70.8 Å². The normalized spacial score (nSPS) is 15.5. The Morgan fingerprint density at radius 3 is 2.59 bits per heavy atom. The van der Waals surface area contributed by atoms with Gasteiger partial charge in [-0.3, -0.25) is 4.79 Å². The molecule has 1 fully saturated rings. The van der Waals surface area contributed by atoms with Crippen LogP contribution in [0.3, 0.4) is 0 Å². The molecule has 2 rings (SSSR count). The first-order valence-corrected chi connectivity index (χ1v) is 10.4. The van der Waals surface area contributed by atoms with Crippen molar-refractivity contribution in [1.82, 2.24) is 9.80 Å². The van der Waals surface area contributed by atoms with Crippen LogP contribution in [0.1, 0.15) is 31.7 Å². The predicted octanol–water partition coefficient (Wildman–Crippen LogP) is 2.84. The van der Waals surface area contributed by atoms with Gasteiger partial charge in [0.05, 0.1) is 13.0 Å². The molecule has 0 saturated carbocycles. The lowest BCUT2D eigenvalue weighted by atomic mass is 9.97. The highest BCUT2D eigenvalue weighted by atomic mass is 35.5. The minimum absolute atomic E-state index is 0.195. The number of aliphatic hydroxyl groups is 1. The summed E-state index contributed by atoms with van der Waals surface area (Å²) in [4.78, 5) is 16.6. The minimum atomic E-state index is 0.195. The van der Waals surface area contributed by atoms with Crippen LogP contribution < -0.4 is 0 Å². The fourth-order valence-corrected chi connectivity index (χ4v) is 3.57. The van der Waals surface area contributed by atoms with Crippen LogP contribution in [0.2, 0.25) is 5.02 Å². The van der Waals surface area contributed by atoms with Gasteiger partial charge in [0.2, 0.25) is 5.91 Å². The minimum Gasteiger partial charge on any atom is -0.395 e. The van der Waals surface area contributed by atoms with E-state index >= 15 is 0 Å². The molecular formula is C21H33ClN2O3. The van der Waals surface area contributed by atoms with E-state index in [2.05, 4.69) is 11.8 Å². The summed E-state index contributed by atoms with van der Waals surface area (Å²) in [6, 6.07) is 7.50. The van der Waals surface area contributed by atoms with Gasteiger partial charge in [-0.15, -0.1) is 0 Å². The molecule has 152 valence electrons. The van der Waals surface area contributed by atoms with Gasteiger partial charge in [0.25, 0.3) is 0 Å². The fourth-order valence-electron chi connectivity index (χ4n) is 3.45. The maximum atomic E-state index is 12.4. The lowest BCUT2D eigenvalue weighted by Crippen LogP contribution is -2.40. The first-order valence-electron chi connectivity index (χ1n) is 10.1. The highest BCUT2D eigenvalue weighted by Crippen LogP contribution is 2.19. The van der Waals surface area contributed by atoms with Crippen LogP contribution in [0.25, 0.3) is 0 Å². The molecule has 0 spiro atoms. The Kier molecular flexibility index (Phi) is 10.1. The number of likely N-dealkylation sites (tertiary alicyclic amines) is 1. The van der Waals surface area contributed by atoms with E-state index in [9.17, 15) is 4.79 Å². The molecule has 0 radical (unpaired) electrons. The number of carbonyl (C=O) groups is 1. The van der Waals surface area contributed by atoms with Crippen molar-refractivity contribution in [3.05, 3.63) is 34.9 Å². The smallest absolute Gasteiger partial charge is 0.226 e. The van der Waals surface area contributed by atoms with Crippen molar-refractivity contribution >= 4 is 17.5 Å². The van der Waals surface area contributed by atoms with Gasteiger partial charge in [-0.25, -0.2) is 0 Å². The number of hydrogen-bond donors (Lipinski definition) is 1. The lowest BCUT2D eigenvalue weighted by Gasteiger charge is -2.32. The number of halogens is 1. The van der Waals surface area contributed by atoms with E-state index < -0.39 is 0 Å². The zero-order chi connectivity index (χ0) is 19.5. The molecule has 1 heterocycles. The van der Waals surface area contributed by atoms with E-state index in [1.807, 2.05) is 29.2 Å². The Morgan fingerprint density at radius 2 is 1.96 bits per heavy atom. The number of aliphatic hydroxyl groups excluding tert-OH is 1. The van der Waals surface area contributed by atoms with E-state index in [4.69, 9.17) is 21.4 Å². The third-order valence-electron chi connectivity index (χ3n) is 5.22. The Balaban J connectivity index is 1.58. The monoisotopic (exact) mass is 396 g/mol. The van der Waals surface area contributed by atoms with Crippen LogP contribution in [0.4, 0.5) is 0 Å². The van der Waals surface area contributed by atoms with Gasteiger partial charge in [0.1, 0.15) is 0 Å². The van der Waals surface area contributed by atoms with Gasteiger partial charge in [-0.1, -0.05) is 30.7 Å². The largest absolute Gasteiger partial charge is 0.395 e. The summed E-state index contributed by atoms with van der Waals surface area (Å²) in [6.07, 6.45) is 3.46. The van der Waals surface area contributed by atoms with Crippen molar-refractivity contribution < 1.29 is 14.6 Å². The summed E-state index contributed by atoms with van der Waals surface area (Å²) in [5, 5.41) is 9.69. The number of nitrogens with zero attached hydrogens (tertiary/aromatic N) is 2. The summed E-state index contributed by atoms with van der Waals surface area (Å²) < 4.78 is 5.84. The topological polar surface area (TPSA) is 53.0 Å². The number of benzene rings is 1. The van der Waals surface area contributed by atoms with Gasteiger partial charge in [-0.05, 0) is 49.4 Å². The second kappa shape index (κ2) is 12.3. The molecule has 1 N–H and O–H groups in total. The van der Waals surface area contributed by atoms with Crippen LogP contribution in [0.5, 0.6) is 0 Å². The van der Waals surface area contributed by atoms with Crippen molar-refractivity contribution in [2.45, 2.75) is 32.6 Å². The number of carbonyl (C=O) groups excluding carboxylic acids is 1. The molecule has 1 aliphatic rings. The van der Waals surface area contributed by atoms with Gasteiger partial charge in [0, 0.05) is 44.4 Å². The van der Waals surface area contributed by atoms with Crippen molar-refractivity contribution in [3.63, 3.8) is 0 Å². The predicted molar refractivity (Wildman–Crippen MR) is 109 cm³/mol. The molecule has 6 heteroatoms. The van der Waals surface area contributed by atoms with Crippen molar-refractivity contribution in [2.24, 2.45) is 5.92 Å². The number of amides is 1. The zero-order valence-electron chi connectivity index (χ0n) is 16.4. The molecule has 1 amide bonds. The standard InChI is InChI=1S/C21H33ClN2O3/c1-2-23(13-14-25)10-3-15-27-17-19-8-11-24(12-9-19)21(26)16-18-4-6-20(22)7-5-18/h4-7,19,25H,2-3,8-17H2,1H3. The van der Waals surface area contributed by atoms with Gasteiger partial charge < -0.3 is 19.6 Å². The molecule has 5 nitrogen and oxygen atoms in total. The molecule has 1 saturated heterocycles. The Labute approximate surface area is 168 Å². The first-order chi connectivity index (χ1) is 13.1. The number of rotatable bonds is 11. The van der Waals surface area contributed by atoms with Gasteiger partial charge >= 0.3 is 0 Å². The second-order valence-electron chi connectivity index (χ2n) is 7.21. The van der Waals surface area contributed by atoms with Gasteiger partial charge in [0.15, 0.2) is 0 Å². The van der Waals surface area contributed by atoms with Crippen LogP contribution in [-0.4, -0.2) is 73.4 Å². The molecule has 27 heavy (non-hydrogen) atoms. The molecule has 1 aromatic rings. The number of ether oxygens (including phenoxy) is 1. The summed E-state index contributed by atoms with van der Waals surface area (Å²) in [6.45, 7) is 8.17. The molecule has 0 bridgehead atoms. The maximum absolute atomic E-state index is 12.4. The Morgan fingerprint density at radius 1 is 1.26 bits per heavy atom. The molecule has 1 aliphatic heterocycles. The number of piperidine rings is 1. The highest BCUT2D eigenvalue weighted by Gasteiger charge is 2.22. The van der Waals surface area contributed by atoms with Crippen LogP contribution >= 0.6 is 11.6 Å². The molecule has 0 atom stereocenters. The second-order valence-corrected chi connectivity index (χ2v) is 7.65. The molecular weight excluding hydrogens is 364 g/mol. The molecule has 1 aromatic carbocycles. The average Bonchev–Trinajstić information content (AvgIpc) is 2.69. The van der Waals surface area contributed by atoms with E-state index in [0.29, 0.717) is 17.4 Å². The lowest BCUT2D eigenvalue weighted by molar-refractivity contribution is -0.132. The van der Waals surface area contributed by atoms with Crippen LogP contribution in [0, 0.1) is 5.92 Å². The highest BCUT2D eigenvalue weighted by molar-refractivity contribution is 6.30. The Hall–Kier alpha value is -1.14. The molecule has 0 aromatic heterocycles. The van der Waals surface area contributed by atoms with Crippen molar-refractivity contribution in [3.8, 4) is 0 Å². The quantitative estimate of drug-likeness (QED) is 0.584. The van der Waals surface area contributed by atoms with Crippen LogP contribution in [0.15, 0.2) is 24.3 Å². The van der Waals surface area contributed by atoms with Crippen molar-refractivity contribution in [1.29, 1.82) is 0 Å². The molecule has 0 aliphatic carbocycles. The third-order valence-corrected chi connectivity index (χ3v) is 5.47. The Bertz CT molecular complexity index is 545. The summed E-state index contributed by atoms with van der Waals surface area (Å²) in [5.74, 6) is 0.740. The van der Waals surface area contributed by atoms with Crippen LogP contribution in [-0.2, 0) is 16.0 Å². The fraction of sp³-hybridized carbons (Fsp3) is 0.667. The SMILES string of the molecule is CCN(CCO)CCCOCC1CCN(C(=O)Cc2ccc(Cl)cc2)CC1. The maximum Gasteiger partial charge on any atom is 0.226 e. The molecule has 0 unspecified atom stereocenters. The average molecular weight is 397 g/mol. The summed E-state index contributed by atoms with van der Waals surface area (Å²) >= 11 is 5.89. The third kappa shape index (κ3) is 8.18. The first kappa shape index (κ1) is 22.2. The zero-order valence-corrected chi connectivity index (χ0v) is 17.2.